The zero-order valence-electron chi connectivity index (χ0n) is 30.3. The van der Waals surface area contributed by atoms with Crippen molar-refractivity contribution in [3.63, 3.8) is 0 Å². The molecule has 3 heterocycles. The van der Waals surface area contributed by atoms with Crippen LogP contribution in [0.3, 0.4) is 0 Å². The summed E-state index contributed by atoms with van der Waals surface area (Å²) < 4.78 is 66.4. The number of carbonyl (C=O) groups is 1. The van der Waals surface area contributed by atoms with Crippen molar-refractivity contribution >= 4 is 26.6 Å². The van der Waals surface area contributed by atoms with E-state index in [1.165, 1.54) is 36.1 Å². The minimum atomic E-state index is -3.59. The van der Waals surface area contributed by atoms with E-state index in [1.807, 2.05) is 52.0 Å². The van der Waals surface area contributed by atoms with Gasteiger partial charge >= 0.3 is 0 Å². The van der Waals surface area contributed by atoms with Gasteiger partial charge in [-0.25, -0.2) is 32.3 Å². The van der Waals surface area contributed by atoms with E-state index in [2.05, 4.69) is 10.5 Å². The lowest BCUT2D eigenvalue weighted by Crippen LogP contribution is -2.30. The molecule has 0 radical (unpaired) electrons. The van der Waals surface area contributed by atoms with Gasteiger partial charge in [-0.05, 0) is 73.4 Å². The number of aromatic nitrogens is 4. The van der Waals surface area contributed by atoms with Crippen LogP contribution in [0.4, 0.5) is 8.78 Å². The zero-order chi connectivity index (χ0) is 37.4. The van der Waals surface area contributed by atoms with Crippen LogP contribution in [0.15, 0.2) is 60.8 Å². The van der Waals surface area contributed by atoms with Gasteiger partial charge in [0.2, 0.25) is 5.91 Å². The molecule has 1 aliphatic rings. The molecule has 2 N–H and O–H groups in total. The van der Waals surface area contributed by atoms with Crippen LogP contribution in [-0.2, 0) is 44.8 Å². The van der Waals surface area contributed by atoms with Crippen LogP contribution in [0.5, 0.6) is 11.5 Å². The van der Waals surface area contributed by atoms with Crippen LogP contribution in [-0.4, -0.2) is 52.7 Å². The second kappa shape index (κ2) is 14.4. The first-order valence-electron chi connectivity index (χ1n) is 17.4. The van der Waals surface area contributed by atoms with Crippen LogP contribution in [0.2, 0.25) is 0 Å². The Morgan fingerprint density at radius 2 is 1.88 bits per heavy atom. The van der Waals surface area contributed by atoms with E-state index in [4.69, 9.17) is 19.7 Å². The first kappa shape index (κ1) is 37.1. The van der Waals surface area contributed by atoms with E-state index >= 15 is 8.78 Å². The lowest BCUT2D eigenvalue weighted by Gasteiger charge is -2.31. The highest BCUT2D eigenvalue weighted by Gasteiger charge is 2.36. The number of halogens is 2. The van der Waals surface area contributed by atoms with E-state index < -0.39 is 32.3 Å². The number of hydrogen-bond donors (Lipinski definition) is 2. The lowest BCUT2D eigenvalue weighted by atomic mass is 9.75. The number of aromatic amines is 1. The van der Waals surface area contributed by atoms with Gasteiger partial charge < -0.3 is 9.72 Å². The molecule has 2 atom stereocenters. The number of nitrogens with one attached hydrogen (secondary N) is 2. The molecule has 4 bridgehead atoms. The fourth-order valence-corrected chi connectivity index (χ4v) is 9.28. The summed E-state index contributed by atoms with van der Waals surface area (Å²) in [4.78, 5) is 25.2. The third-order valence-electron chi connectivity index (χ3n) is 10.1. The Morgan fingerprint density at radius 3 is 2.65 bits per heavy atom. The fraction of sp³-hybridized carbons (Fsp3) is 0.410. The molecular formula is C39H45F2N5O5S. The number of benzene rings is 3. The van der Waals surface area contributed by atoms with Crippen molar-refractivity contribution in [3.05, 3.63) is 94.9 Å². The highest BCUT2D eigenvalue weighted by molar-refractivity contribution is 7.91. The number of hydroxylamine groups is 1. The van der Waals surface area contributed by atoms with Crippen molar-refractivity contribution in [2.75, 3.05) is 18.6 Å². The summed E-state index contributed by atoms with van der Waals surface area (Å²) in [5, 5.41) is 5.48. The fourth-order valence-electron chi connectivity index (χ4n) is 7.28. The third kappa shape index (κ3) is 7.75. The lowest BCUT2D eigenvalue weighted by molar-refractivity contribution is -0.134. The third-order valence-corrected chi connectivity index (χ3v) is 12.1. The largest absolute Gasteiger partial charge is 0.454 e. The Labute approximate surface area is 302 Å². The Kier molecular flexibility index (Phi) is 10.3. The molecule has 276 valence electrons. The number of nitrogens with zero attached hydrogens (tertiary/aromatic N) is 3. The van der Waals surface area contributed by atoms with Gasteiger partial charge in [0.1, 0.15) is 11.6 Å². The van der Waals surface area contributed by atoms with Crippen LogP contribution in [0.1, 0.15) is 69.5 Å². The molecule has 1 aliphatic heterocycles. The first-order valence-corrected chi connectivity index (χ1v) is 19.2. The van der Waals surface area contributed by atoms with Gasteiger partial charge in [0, 0.05) is 41.7 Å². The smallest absolute Gasteiger partial charge is 0.246 e. The number of H-pyrrole nitrogens is 1. The molecule has 0 aliphatic carbocycles. The van der Waals surface area contributed by atoms with Crippen LogP contribution >= 0.6 is 0 Å². The minimum absolute atomic E-state index is 0.0285. The van der Waals surface area contributed by atoms with Crippen molar-refractivity contribution in [2.45, 2.75) is 65.2 Å². The zero-order valence-corrected chi connectivity index (χ0v) is 31.2. The van der Waals surface area contributed by atoms with Crippen molar-refractivity contribution in [1.29, 1.82) is 0 Å². The predicted molar refractivity (Wildman–Crippen MR) is 196 cm³/mol. The number of carbonyl (C=O) groups excluding carboxylic acids is 1. The molecule has 1 unspecified atom stereocenters. The highest BCUT2D eigenvalue weighted by atomic mass is 32.2. The summed E-state index contributed by atoms with van der Waals surface area (Å²) in [7, 11) is -0.504. The summed E-state index contributed by atoms with van der Waals surface area (Å²) in [6.07, 6.45) is 3.94. The molecule has 3 aromatic carbocycles. The molecular weight excluding hydrogens is 689 g/mol. The van der Waals surface area contributed by atoms with E-state index in [-0.39, 0.29) is 52.6 Å². The van der Waals surface area contributed by atoms with Gasteiger partial charge in [0.15, 0.2) is 33.1 Å². The molecule has 1 amide bonds. The molecule has 0 fully saturated rings. The first-order chi connectivity index (χ1) is 24.6. The van der Waals surface area contributed by atoms with E-state index in [9.17, 15) is 13.2 Å². The molecule has 0 saturated heterocycles. The van der Waals surface area contributed by atoms with Crippen molar-refractivity contribution < 1.29 is 31.6 Å². The standard InChI is InChI=1S/C39H45F2N5O5S/c1-24(36(47)45-50-6)19-25-9-7-10-26(20-25)39(4)16-8-15-38(2,3)23-52(48,49)18-14-29-28-13-17-42-33(28)22-32(41)34(29)51-27-11-12-31(40)30(21-27)35-43-37(39)44-46(35)5/h7,9-13,17,20-22,24,42H,8,14-16,18-19,23H2,1-6H3,(H,45,47)/t24-,39?/m0/s1. The van der Waals surface area contributed by atoms with Crippen LogP contribution < -0.4 is 10.2 Å². The maximum Gasteiger partial charge on any atom is 0.246 e. The maximum absolute atomic E-state index is 15.7. The maximum atomic E-state index is 15.7. The molecule has 6 rings (SSSR count). The van der Waals surface area contributed by atoms with Crippen molar-refractivity contribution in [3.8, 4) is 22.9 Å². The summed E-state index contributed by atoms with van der Waals surface area (Å²) >= 11 is 0. The van der Waals surface area contributed by atoms with Gasteiger partial charge in [0.05, 0.1) is 29.6 Å². The van der Waals surface area contributed by atoms with Crippen molar-refractivity contribution in [2.24, 2.45) is 18.4 Å². The minimum Gasteiger partial charge on any atom is -0.454 e. The average Bonchev–Trinajstić information content (AvgIpc) is 3.71. The number of hydrogen-bond acceptors (Lipinski definition) is 7. The summed E-state index contributed by atoms with van der Waals surface area (Å²) in [5.74, 6) is -1.32. The number of amides is 1. The Morgan fingerprint density at radius 1 is 1.10 bits per heavy atom. The van der Waals surface area contributed by atoms with E-state index in [0.29, 0.717) is 48.0 Å². The molecule has 52 heavy (non-hydrogen) atoms. The predicted octanol–water partition coefficient (Wildman–Crippen LogP) is 7.36. The summed E-state index contributed by atoms with van der Waals surface area (Å²) in [6.45, 7) is 7.75. The summed E-state index contributed by atoms with van der Waals surface area (Å²) in [6, 6.07) is 15.1. The van der Waals surface area contributed by atoms with E-state index in [1.54, 1.807) is 19.3 Å². The van der Waals surface area contributed by atoms with Gasteiger partial charge in [-0.1, -0.05) is 51.5 Å². The highest BCUT2D eigenvalue weighted by Crippen LogP contribution is 2.41. The van der Waals surface area contributed by atoms with Crippen LogP contribution in [0, 0.1) is 23.0 Å². The monoisotopic (exact) mass is 733 g/mol. The topological polar surface area (TPSA) is 128 Å². The molecule has 13 heteroatoms. The quantitative estimate of drug-likeness (QED) is 0.181. The van der Waals surface area contributed by atoms with Crippen molar-refractivity contribution in [1.82, 2.24) is 25.2 Å². The number of fused-ring (bicyclic) bond motifs is 8. The molecule has 0 spiro atoms. The molecule has 0 saturated carbocycles. The number of sulfone groups is 1. The molecule has 10 nitrogen and oxygen atoms in total. The molecule has 5 aromatic rings. The SMILES string of the molecule is CONC(=O)[C@@H](C)Cc1cccc(C2(C)CCCC(C)(C)CS(=O)(=O)CCc3c(c(F)cc4[nH]ccc34)Oc3ccc(F)c(c3)-c3nc2nn3C)c1. The van der Waals surface area contributed by atoms with Gasteiger partial charge in [0.25, 0.3) is 0 Å². The Bertz CT molecular complexity index is 2230. The normalized spacial score (nSPS) is 19.5. The van der Waals surface area contributed by atoms with Gasteiger partial charge in [-0.15, -0.1) is 0 Å². The second-order valence-corrected chi connectivity index (χ2v) is 17.1. The van der Waals surface area contributed by atoms with Gasteiger partial charge in [-0.3, -0.25) is 9.63 Å². The van der Waals surface area contributed by atoms with E-state index in [0.717, 1.165) is 11.1 Å². The molecule has 2 aromatic heterocycles. The summed E-state index contributed by atoms with van der Waals surface area (Å²) in [5.41, 5.74) is 3.92. The van der Waals surface area contributed by atoms with Crippen LogP contribution in [0.25, 0.3) is 22.3 Å². The Hall–Kier alpha value is -4.62. The number of aryl methyl sites for hydroxylation is 2. The second-order valence-electron chi connectivity index (χ2n) is 14.9. The average molecular weight is 734 g/mol. The Balaban J connectivity index is 1.47. The number of rotatable bonds is 5. The number of ether oxygens (including phenoxy) is 1. The van der Waals surface area contributed by atoms with Gasteiger partial charge in [-0.2, -0.15) is 5.10 Å².